The molecule has 0 bridgehead atoms. The Hall–Kier alpha value is -2.57. The van der Waals surface area contributed by atoms with Gasteiger partial charge in [0.1, 0.15) is 17.4 Å². The third-order valence-corrected chi connectivity index (χ3v) is 4.99. The molecule has 2 aliphatic rings. The highest BCUT2D eigenvalue weighted by Crippen LogP contribution is 2.35. The molecule has 0 aliphatic carbocycles. The summed E-state index contributed by atoms with van der Waals surface area (Å²) >= 11 is 0. The molecule has 1 aromatic carbocycles. The third kappa shape index (κ3) is 3.06. The number of para-hydroxylation sites is 1. The Balaban J connectivity index is 1.40. The smallest absolute Gasteiger partial charge is 0.315 e. The van der Waals surface area contributed by atoms with Gasteiger partial charge in [-0.15, -0.1) is 0 Å². The lowest BCUT2D eigenvalue weighted by Crippen LogP contribution is -2.46. The topological polar surface area (TPSA) is 81.1 Å². The molecule has 2 aromatic rings. The van der Waals surface area contributed by atoms with E-state index in [1.165, 1.54) is 0 Å². The Morgan fingerprint density at radius 2 is 2.24 bits per heavy atom. The summed E-state index contributed by atoms with van der Waals surface area (Å²) in [5, 5.41) is 10.5. The van der Waals surface area contributed by atoms with Gasteiger partial charge in [-0.3, -0.25) is 0 Å². The number of fused-ring (bicyclic) bond motifs is 2. The first kappa shape index (κ1) is 15.9. The first-order valence-corrected chi connectivity index (χ1v) is 8.82. The number of aryl methyl sites for hydroxylation is 2. The molecule has 0 saturated carbocycles. The van der Waals surface area contributed by atoms with Crippen molar-refractivity contribution in [3.05, 3.63) is 41.5 Å². The van der Waals surface area contributed by atoms with Crippen LogP contribution in [-0.4, -0.2) is 33.4 Å². The van der Waals surface area contributed by atoms with Crippen molar-refractivity contribution in [2.45, 2.75) is 51.2 Å². The summed E-state index contributed by atoms with van der Waals surface area (Å²) in [6.07, 6.45) is 1.87. The van der Waals surface area contributed by atoms with E-state index in [0.29, 0.717) is 6.61 Å². The van der Waals surface area contributed by atoms with Gasteiger partial charge in [0, 0.05) is 24.1 Å². The molecule has 3 atom stereocenters. The molecule has 4 rings (SSSR count). The Kier molecular flexibility index (Phi) is 4.07. The number of urea groups is 1. The molecule has 2 N–H and O–H groups in total. The molecule has 1 aromatic heterocycles. The number of benzene rings is 1. The van der Waals surface area contributed by atoms with Crippen LogP contribution < -0.4 is 15.4 Å². The second-order valence-electron chi connectivity index (χ2n) is 6.80. The Bertz CT molecular complexity index is 788. The molecule has 132 valence electrons. The summed E-state index contributed by atoms with van der Waals surface area (Å²) in [5.41, 5.74) is 1.16. The van der Waals surface area contributed by atoms with Crippen molar-refractivity contribution in [2.75, 3.05) is 6.61 Å². The minimum absolute atomic E-state index is 0.0214. The van der Waals surface area contributed by atoms with Crippen molar-refractivity contribution in [3.8, 4) is 5.75 Å². The Morgan fingerprint density at radius 3 is 3.12 bits per heavy atom. The van der Waals surface area contributed by atoms with E-state index in [4.69, 9.17) is 4.74 Å². The van der Waals surface area contributed by atoms with Crippen molar-refractivity contribution in [2.24, 2.45) is 0 Å². The summed E-state index contributed by atoms with van der Waals surface area (Å²) in [7, 11) is 0. The molecule has 0 saturated heterocycles. The molecule has 0 spiro atoms. The maximum Gasteiger partial charge on any atom is 0.315 e. The first-order chi connectivity index (χ1) is 12.1. The van der Waals surface area contributed by atoms with Crippen molar-refractivity contribution in [3.63, 3.8) is 0 Å². The lowest BCUT2D eigenvalue weighted by atomic mass is 9.94. The molecule has 25 heavy (non-hydrogen) atoms. The molecule has 7 nitrogen and oxygen atoms in total. The Morgan fingerprint density at radius 1 is 1.40 bits per heavy atom. The van der Waals surface area contributed by atoms with Gasteiger partial charge < -0.3 is 15.4 Å². The van der Waals surface area contributed by atoms with Crippen LogP contribution in [-0.2, 0) is 6.54 Å². The number of ether oxygens (including phenoxy) is 1. The van der Waals surface area contributed by atoms with Crippen LogP contribution in [0, 0.1) is 6.92 Å². The Labute approximate surface area is 146 Å². The molecule has 2 aliphatic heterocycles. The highest BCUT2D eigenvalue weighted by Gasteiger charge is 2.31. The van der Waals surface area contributed by atoms with Crippen molar-refractivity contribution >= 4 is 6.03 Å². The largest absolute Gasteiger partial charge is 0.493 e. The second-order valence-corrected chi connectivity index (χ2v) is 6.80. The van der Waals surface area contributed by atoms with Gasteiger partial charge in [0.15, 0.2) is 0 Å². The monoisotopic (exact) mass is 341 g/mol. The summed E-state index contributed by atoms with van der Waals surface area (Å²) in [6.45, 7) is 5.35. The van der Waals surface area contributed by atoms with E-state index in [1.807, 2.05) is 36.7 Å². The average molecular weight is 341 g/mol. The van der Waals surface area contributed by atoms with Gasteiger partial charge in [-0.2, -0.15) is 5.10 Å². The minimum atomic E-state index is -0.170. The fraction of sp³-hybridized carbons (Fsp3) is 0.500. The number of rotatable bonds is 3. The van der Waals surface area contributed by atoms with E-state index in [2.05, 4.69) is 26.8 Å². The normalized spacial score (nSPS) is 22.5. The zero-order chi connectivity index (χ0) is 17.4. The number of amides is 2. The van der Waals surface area contributed by atoms with E-state index in [9.17, 15) is 4.79 Å². The molecule has 2 amide bonds. The number of aromatic nitrogens is 3. The maximum absolute atomic E-state index is 12.5. The lowest BCUT2D eigenvalue weighted by Gasteiger charge is -2.25. The third-order valence-electron chi connectivity index (χ3n) is 4.99. The molecule has 7 heteroatoms. The fourth-order valence-electron chi connectivity index (χ4n) is 3.71. The summed E-state index contributed by atoms with van der Waals surface area (Å²) in [5.74, 6) is 2.68. The SMILES string of the molecule is Cc1nc2n(n1)CCC[C@@H]2NC(=O)N[C@@H](C)[C@H]1COc2ccccc21. The average Bonchev–Trinajstić information content (AvgIpc) is 3.18. The van der Waals surface area contributed by atoms with Crippen LogP contribution in [0.3, 0.4) is 0 Å². The number of hydrogen-bond donors (Lipinski definition) is 2. The van der Waals surface area contributed by atoms with Crippen LogP contribution in [0.2, 0.25) is 0 Å². The van der Waals surface area contributed by atoms with Gasteiger partial charge in [-0.05, 0) is 32.8 Å². The predicted octanol–water partition coefficient (Wildman–Crippen LogP) is 2.29. The van der Waals surface area contributed by atoms with E-state index in [-0.39, 0.29) is 24.0 Å². The van der Waals surface area contributed by atoms with E-state index in [0.717, 1.165) is 42.3 Å². The number of hydrogen-bond acceptors (Lipinski definition) is 4. The van der Waals surface area contributed by atoms with Crippen LogP contribution >= 0.6 is 0 Å². The zero-order valence-electron chi connectivity index (χ0n) is 14.5. The second kappa shape index (κ2) is 6.38. The van der Waals surface area contributed by atoms with Crippen molar-refractivity contribution < 1.29 is 9.53 Å². The van der Waals surface area contributed by atoms with Crippen molar-refractivity contribution in [1.82, 2.24) is 25.4 Å². The summed E-state index contributed by atoms with van der Waals surface area (Å²) < 4.78 is 7.62. The number of carbonyl (C=O) groups is 1. The number of nitrogens with one attached hydrogen (secondary N) is 2. The van der Waals surface area contributed by atoms with E-state index >= 15 is 0 Å². The highest BCUT2D eigenvalue weighted by molar-refractivity contribution is 5.74. The van der Waals surface area contributed by atoms with Gasteiger partial charge >= 0.3 is 6.03 Å². The minimum Gasteiger partial charge on any atom is -0.493 e. The molecular formula is C18H23N5O2. The van der Waals surface area contributed by atoms with Crippen molar-refractivity contribution in [1.29, 1.82) is 0 Å². The molecule has 3 heterocycles. The molecule has 0 fully saturated rings. The fourth-order valence-corrected chi connectivity index (χ4v) is 3.71. The van der Waals surface area contributed by atoms with Crippen LogP contribution in [0.25, 0.3) is 0 Å². The number of carbonyl (C=O) groups excluding carboxylic acids is 1. The van der Waals surface area contributed by atoms with Gasteiger partial charge in [0.2, 0.25) is 0 Å². The van der Waals surface area contributed by atoms with Crippen LogP contribution in [0.4, 0.5) is 4.79 Å². The van der Waals surface area contributed by atoms with Crippen LogP contribution in [0.15, 0.2) is 24.3 Å². The predicted molar refractivity (Wildman–Crippen MR) is 92.5 cm³/mol. The standard InChI is InChI=1S/C18H23N5O2/c1-11(14-10-25-16-8-4-3-6-13(14)16)19-18(24)21-15-7-5-9-23-17(15)20-12(2)22-23/h3-4,6,8,11,14-15H,5,7,9-10H2,1-2H3,(H2,19,21,24)/t11-,14+,15-/m0/s1. The summed E-state index contributed by atoms with van der Waals surface area (Å²) in [6, 6.07) is 7.73. The van der Waals surface area contributed by atoms with Crippen LogP contribution in [0.1, 0.15) is 48.9 Å². The maximum atomic E-state index is 12.5. The highest BCUT2D eigenvalue weighted by atomic mass is 16.5. The van der Waals surface area contributed by atoms with Gasteiger partial charge in [-0.1, -0.05) is 18.2 Å². The molecule has 0 unspecified atom stereocenters. The molecule has 0 radical (unpaired) electrons. The zero-order valence-corrected chi connectivity index (χ0v) is 14.5. The molecular weight excluding hydrogens is 318 g/mol. The quantitative estimate of drug-likeness (QED) is 0.897. The first-order valence-electron chi connectivity index (χ1n) is 8.82. The number of nitrogens with zero attached hydrogens (tertiary/aromatic N) is 3. The van der Waals surface area contributed by atoms with E-state index < -0.39 is 0 Å². The lowest BCUT2D eigenvalue weighted by molar-refractivity contribution is 0.225. The van der Waals surface area contributed by atoms with Gasteiger partial charge in [-0.25, -0.2) is 14.5 Å². The van der Waals surface area contributed by atoms with Crippen LogP contribution in [0.5, 0.6) is 5.75 Å². The van der Waals surface area contributed by atoms with E-state index in [1.54, 1.807) is 0 Å². The van der Waals surface area contributed by atoms with Gasteiger partial charge in [0.25, 0.3) is 0 Å². The summed E-state index contributed by atoms with van der Waals surface area (Å²) in [4.78, 5) is 16.9. The van der Waals surface area contributed by atoms with Gasteiger partial charge in [0.05, 0.1) is 12.6 Å².